The molecule has 9 nitrogen and oxygen atoms in total. The van der Waals surface area contributed by atoms with Crippen LogP contribution in [0.2, 0.25) is 0 Å². The van der Waals surface area contributed by atoms with Crippen molar-refractivity contribution in [1.82, 2.24) is 10.2 Å². The molecule has 2 aliphatic heterocycles. The Balaban J connectivity index is 1.37. The molecule has 3 amide bonds. The van der Waals surface area contributed by atoms with Crippen LogP contribution in [0.5, 0.6) is 0 Å². The van der Waals surface area contributed by atoms with Crippen LogP contribution >= 0.6 is 15.9 Å². The number of hydrogen-bond acceptors (Lipinski definition) is 6. The molecule has 2 fully saturated rings. The summed E-state index contributed by atoms with van der Waals surface area (Å²) >= 11 is 3.19. The van der Waals surface area contributed by atoms with Crippen molar-refractivity contribution < 1.29 is 27.9 Å². The lowest BCUT2D eigenvalue weighted by molar-refractivity contribution is -0.119. The molecule has 0 unspecified atom stereocenters. The van der Waals surface area contributed by atoms with Gasteiger partial charge in [-0.15, -0.1) is 0 Å². The number of rotatable bonds is 5. The second-order valence-electron chi connectivity index (χ2n) is 7.57. The van der Waals surface area contributed by atoms with Crippen molar-refractivity contribution >= 4 is 45.2 Å². The van der Waals surface area contributed by atoms with E-state index >= 15 is 0 Å². The summed E-state index contributed by atoms with van der Waals surface area (Å²) < 4.78 is 26.0. The predicted octanol–water partition coefficient (Wildman–Crippen LogP) is 2.60. The molecule has 0 bridgehead atoms. The average molecular weight is 509 g/mol. The predicted molar refractivity (Wildman–Crippen MR) is 117 cm³/mol. The van der Waals surface area contributed by atoms with Crippen LogP contribution in [0, 0.1) is 5.82 Å². The van der Waals surface area contributed by atoms with E-state index in [1.165, 1.54) is 17.9 Å². The molecule has 170 valence electrons. The Labute approximate surface area is 192 Å². The van der Waals surface area contributed by atoms with Crippen molar-refractivity contribution in [3.63, 3.8) is 0 Å². The second kappa shape index (κ2) is 9.19. The maximum absolute atomic E-state index is 14.9. The number of hydrogen-bond donors (Lipinski definition) is 1. The molecular weight excluding hydrogens is 487 g/mol. The number of benzene rings is 1. The Kier molecular flexibility index (Phi) is 6.35. The highest BCUT2D eigenvalue weighted by atomic mass is 79.9. The molecule has 2 aromatic rings. The van der Waals surface area contributed by atoms with Crippen molar-refractivity contribution in [2.24, 2.45) is 0 Å². The van der Waals surface area contributed by atoms with Gasteiger partial charge in [0.1, 0.15) is 11.9 Å². The van der Waals surface area contributed by atoms with Gasteiger partial charge in [0.25, 0.3) is 5.91 Å². The van der Waals surface area contributed by atoms with E-state index in [1.807, 2.05) is 4.90 Å². The molecule has 4 rings (SSSR count). The fourth-order valence-electron chi connectivity index (χ4n) is 3.75. The van der Waals surface area contributed by atoms with Crippen LogP contribution < -0.4 is 15.1 Å². The first kappa shape index (κ1) is 22.1. The Morgan fingerprint density at radius 1 is 1.19 bits per heavy atom. The first-order valence-electron chi connectivity index (χ1n) is 10.1. The van der Waals surface area contributed by atoms with Gasteiger partial charge in [-0.05, 0) is 46.3 Å². The van der Waals surface area contributed by atoms with Gasteiger partial charge in [0, 0.05) is 33.1 Å². The molecule has 0 saturated carbocycles. The quantitative estimate of drug-likeness (QED) is 0.666. The van der Waals surface area contributed by atoms with Gasteiger partial charge in [0.2, 0.25) is 5.91 Å². The van der Waals surface area contributed by atoms with Crippen molar-refractivity contribution in [1.29, 1.82) is 0 Å². The Hall–Kier alpha value is -3.08. The third-order valence-corrected chi connectivity index (χ3v) is 5.81. The second-order valence-corrected chi connectivity index (χ2v) is 8.35. The van der Waals surface area contributed by atoms with Crippen molar-refractivity contribution in [2.45, 2.75) is 13.0 Å². The summed E-state index contributed by atoms with van der Waals surface area (Å²) in [7, 11) is 0. The fourth-order valence-corrected chi connectivity index (χ4v) is 4.06. The van der Waals surface area contributed by atoms with Crippen LogP contribution in [0.15, 0.2) is 39.4 Å². The first-order chi connectivity index (χ1) is 15.3. The minimum absolute atomic E-state index is 0.201. The largest absolute Gasteiger partial charge is 0.444 e. The lowest BCUT2D eigenvalue weighted by Gasteiger charge is -2.36. The minimum atomic E-state index is -0.579. The number of anilines is 2. The monoisotopic (exact) mass is 508 g/mol. The summed E-state index contributed by atoms with van der Waals surface area (Å²) in [6.07, 6.45) is -1.07. The molecule has 1 atom stereocenters. The van der Waals surface area contributed by atoms with Gasteiger partial charge in [0.05, 0.1) is 24.5 Å². The number of nitrogens with zero attached hydrogens (tertiary/aromatic N) is 3. The van der Waals surface area contributed by atoms with Crippen LogP contribution in [-0.4, -0.2) is 68.2 Å². The molecule has 0 spiro atoms. The van der Waals surface area contributed by atoms with Gasteiger partial charge in [-0.2, -0.15) is 0 Å². The van der Waals surface area contributed by atoms with E-state index in [0.29, 0.717) is 42.2 Å². The highest BCUT2D eigenvalue weighted by Gasteiger charge is 2.33. The molecule has 2 aliphatic rings. The Bertz CT molecular complexity index is 1040. The lowest BCUT2D eigenvalue weighted by atomic mass is 10.2. The Morgan fingerprint density at radius 3 is 2.56 bits per heavy atom. The molecule has 32 heavy (non-hydrogen) atoms. The Morgan fingerprint density at radius 2 is 1.94 bits per heavy atom. The zero-order valence-corrected chi connectivity index (χ0v) is 18.9. The average Bonchev–Trinajstić information content (AvgIpc) is 3.37. The first-order valence-corrected chi connectivity index (χ1v) is 10.9. The standard InChI is InChI=1S/C21H22BrFN4O5/c1-13(28)24-11-15-12-27(21(30)31-15)14-2-3-17(16(23)10-14)25-6-8-26(9-7-25)20(29)18-4-5-19(22)32-18/h2-5,10,15H,6-9,11-12H2,1H3,(H,24,28)/t15-/m0/s1. The van der Waals surface area contributed by atoms with Crippen LogP contribution in [0.25, 0.3) is 0 Å². The minimum Gasteiger partial charge on any atom is -0.444 e. The number of carbonyl (C=O) groups excluding carboxylic acids is 3. The molecular formula is C21H22BrFN4O5. The van der Waals surface area contributed by atoms with E-state index in [4.69, 9.17) is 9.15 Å². The summed E-state index contributed by atoms with van der Waals surface area (Å²) in [6, 6.07) is 7.87. The zero-order chi connectivity index (χ0) is 22.8. The van der Waals surface area contributed by atoms with Gasteiger partial charge in [-0.1, -0.05) is 0 Å². The molecule has 2 saturated heterocycles. The van der Waals surface area contributed by atoms with Crippen LogP contribution in [0.4, 0.5) is 20.6 Å². The summed E-state index contributed by atoms with van der Waals surface area (Å²) in [5.74, 6) is -0.619. The summed E-state index contributed by atoms with van der Waals surface area (Å²) in [6.45, 7) is 3.61. The zero-order valence-electron chi connectivity index (χ0n) is 17.3. The van der Waals surface area contributed by atoms with Gasteiger partial charge in [0.15, 0.2) is 10.4 Å². The van der Waals surface area contributed by atoms with Gasteiger partial charge in [-0.25, -0.2) is 9.18 Å². The van der Waals surface area contributed by atoms with E-state index in [-0.39, 0.29) is 30.7 Å². The van der Waals surface area contributed by atoms with Crippen LogP contribution in [-0.2, 0) is 9.53 Å². The molecule has 0 radical (unpaired) electrons. The molecule has 1 aromatic carbocycles. The smallest absolute Gasteiger partial charge is 0.414 e. The number of furan rings is 1. The molecule has 1 N–H and O–H groups in total. The van der Waals surface area contributed by atoms with E-state index in [1.54, 1.807) is 29.2 Å². The van der Waals surface area contributed by atoms with E-state index in [9.17, 15) is 18.8 Å². The number of halogens is 2. The highest BCUT2D eigenvalue weighted by Crippen LogP contribution is 2.29. The number of piperazine rings is 1. The molecule has 3 heterocycles. The summed E-state index contributed by atoms with van der Waals surface area (Å²) in [5.41, 5.74) is 0.794. The molecule has 0 aliphatic carbocycles. The van der Waals surface area contributed by atoms with E-state index in [0.717, 1.165) is 0 Å². The summed E-state index contributed by atoms with van der Waals surface area (Å²) in [4.78, 5) is 40.6. The van der Waals surface area contributed by atoms with Gasteiger partial charge < -0.3 is 24.3 Å². The number of ether oxygens (including phenoxy) is 1. The molecule has 1 aromatic heterocycles. The van der Waals surface area contributed by atoms with Gasteiger partial charge >= 0.3 is 6.09 Å². The van der Waals surface area contributed by atoms with Crippen LogP contribution in [0.3, 0.4) is 0 Å². The van der Waals surface area contributed by atoms with Gasteiger partial charge in [-0.3, -0.25) is 14.5 Å². The number of amides is 3. The number of nitrogens with one attached hydrogen (secondary N) is 1. The van der Waals surface area contributed by atoms with E-state index < -0.39 is 18.0 Å². The number of cyclic esters (lactones) is 1. The number of carbonyl (C=O) groups is 3. The van der Waals surface area contributed by atoms with Crippen molar-refractivity contribution in [2.75, 3.05) is 49.1 Å². The van der Waals surface area contributed by atoms with E-state index in [2.05, 4.69) is 21.2 Å². The third-order valence-electron chi connectivity index (χ3n) is 5.39. The lowest BCUT2D eigenvalue weighted by Crippen LogP contribution is -2.49. The van der Waals surface area contributed by atoms with Crippen molar-refractivity contribution in [3.8, 4) is 0 Å². The normalized spacial score (nSPS) is 18.7. The topological polar surface area (TPSA) is 95.3 Å². The maximum Gasteiger partial charge on any atom is 0.414 e. The van der Waals surface area contributed by atoms with Crippen molar-refractivity contribution in [3.05, 3.63) is 46.6 Å². The summed E-state index contributed by atoms with van der Waals surface area (Å²) in [5, 5.41) is 2.61. The SMILES string of the molecule is CC(=O)NC[C@H]1CN(c2ccc(N3CCN(C(=O)c4ccc(Br)o4)CC3)c(F)c2)C(=O)O1. The van der Waals surface area contributed by atoms with Crippen LogP contribution in [0.1, 0.15) is 17.5 Å². The third kappa shape index (κ3) is 4.72. The molecule has 11 heteroatoms. The highest BCUT2D eigenvalue weighted by molar-refractivity contribution is 9.10. The fraction of sp³-hybridized carbons (Fsp3) is 0.381. The maximum atomic E-state index is 14.9.